The van der Waals surface area contributed by atoms with Gasteiger partial charge in [-0.05, 0) is 46.0 Å². The number of carbonyl (C=O) groups is 1. The number of benzene rings is 1. The van der Waals surface area contributed by atoms with Crippen LogP contribution in [0.2, 0.25) is 0 Å². The molecule has 1 aliphatic carbocycles. The second-order valence-corrected chi connectivity index (χ2v) is 4.54. The summed E-state index contributed by atoms with van der Waals surface area (Å²) in [7, 11) is 1.60. The molecule has 0 aromatic heterocycles. The van der Waals surface area contributed by atoms with Crippen molar-refractivity contribution in [3.8, 4) is 5.75 Å². The van der Waals surface area contributed by atoms with Crippen molar-refractivity contribution in [2.45, 2.75) is 12.3 Å². The van der Waals surface area contributed by atoms with Gasteiger partial charge in [-0.1, -0.05) is 6.07 Å². The molecule has 1 aliphatic rings. The molecule has 3 nitrogen and oxygen atoms in total. The summed E-state index contributed by atoms with van der Waals surface area (Å²) >= 11 is 3.36. The fraction of sp³-hybridized carbons (Fsp3) is 0.364. The van der Waals surface area contributed by atoms with E-state index in [4.69, 9.17) is 9.84 Å². The monoisotopic (exact) mass is 270 g/mol. The van der Waals surface area contributed by atoms with Crippen LogP contribution in [0.25, 0.3) is 0 Å². The first-order valence-electron chi connectivity index (χ1n) is 4.69. The molecule has 1 N–H and O–H groups in total. The summed E-state index contributed by atoms with van der Waals surface area (Å²) in [6.07, 6.45) is 0.736. The van der Waals surface area contributed by atoms with Crippen LogP contribution in [0, 0.1) is 5.92 Å². The highest BCUT2D eigenvalue weighted by Crippen LogP contribution is 2.48. The first-order valence-corrected chi connectivity index (χ1v) is 5.49. The van der Waals surface area contributed by atoms with Gasteiger partial charge in [-0.15, -0.1) is 0 Å². The van der Waals surface area contributed by atoms with Gasteiger partial charge in [-0.2, -0.15) is 0 Å². The predicted octanol–water partition coefficient (Wildman–Crippen LogP) is 2.65. The number of hydrogen-bond donors (Lipinski definition) is 1. The summed E-state index contributed by atoms with van der Waals surface area (Å²) in [5.41, 5.74) is 1.04. The number of rotatable bonds is 3. The summed E-state index contributed by atoms with van der Waals surface area (Å²) in [5, 5.41) is 8.83. The molecule has 2 atom stereocenters. The number of ether oxygens (including phenoxy) is 1. The van der Waals surface area contributed by atoms with Crippen LogP contribution in [-0.4, -0.2) is 18.2 Å². The van der Waals surface area contributed by atoms with E-state index in [1.165, 1.54) is 0 Å². The van der Waals surface area contributed by atoms with Crippen LogP contribution in [-0.2, 0) is 4.79 Å². The van der Waals surface area contributed by atoms with E-state index in [0.717, 1.165) is 22.2 Å². The van der Waals surface area contributed by atoms with E-state index >= 15 is 0 Å². The highest BCUT2D eigenvalue weighted by molar-refractivity contribution is 9.10. The van der Waals surface area contributed by atoms with Gasteiger partial charge in [-0.25, -0.2) is 0 Å². The van der Waals surface area contributed by atoms with Crippen molar-refractivity contribution < 1.29 is 14.6 Å². The van der Waals surface area contributed by atoms with Crippen molar-refractivity contribution in [2.24, 2.45) is 5.92 Å². The number of carboxylic acid groups (broad SMARTS) is 1. The molecule has 1 fully saturated rings. The minimum atomic E-state index is -0.707. The normalized spacial score (nSPS) is 23.6. The van der Waals surface area contributed by atoms with Gasteiger partial charge in [-0.3, -0.25) is 4.79 Å². The van der Waals surface area contributed by atoms with Gasteiger partial charge in [0.1, 0.15) is 5.75 Å². The van der Waals surface area contributed by atoms with E-state index in [2.05, 4.69) is 15.9 Å². The Hall–Kier alpha value is -1.03. The van der Waals surface area contributed by atoms with Crippen LogP contribution in [0.3, 0.4) is 0 Å². The maximum Gasteiger partial charge on any atom is 0.307 e. The van der Waals surface area contributed by atoms with Crippen LogP contribution in [0.5, 0.6) is 5.75 Å². The molecule has 0 amide bonds. The van der Waals surface area contributed by atoms with Crippen molar-refractivity contribution in [3.63, 3.8) is 0 Å². The number of methoxy groups -OCH3 is 1. The lowest BCUT2D eigenvalue weighted by molar-refractivity contribution is -0.138. The van der Waals surface area contributed by atoms with Gasteiger partial charge in [0.25, 0.3) is 0 Å². The van der Waals surface area contributed by atoms with Crippen molar-refractivity contribution >= 4 is 21.9 Å². The first-order chi connectivity index (χ1) is 7.13. The Morgan fingerprint density at radius 3 is 2.87 bits per heavy atom. The molecule has 15 heavy (non-hydrogen) atoms. The second kappa shape index (κ2) is 3.85. The third kappa shape index (κ3) is 2.00. The maximum atomic E-state index is 10.7. The SMILES string of the molecule is COc1cc([C@@H]2C[C@H]2C(=O)O)ccc1Br. The number of halogens is 1. The Bertz CT molecular complexity index is 403. The summed E-state index contributed by atoms with van der Waals surface area (Å²) in [6.45, 7) is 0. The van der Waals surface area contributed by atoms with Gasteiger partial charge < -0.3 is 9.84 Å². The number of carboxylic acids is 1. The fourth-order valence-electron chi connectivity index (χ4n) is 1.74. The zero-order chi connectivity index (χ0) is 11.0. The molecule has 0 spiro atoms. The zero-order valence-corrected chi connectivity index (χ0v) is 9.82. The van der Waals surface area contributed by atoms with E-state index < -0.39 is 5.97 Å². The van der Waals surface area contributed by atoms with E-state index in [0.29, 0.717) is 0 Å². The third-order valence-corrected chi connectivity index (χ3v) is 3.37. The second-order valence-electron chi connectivity index (χ2n) is 3.68. The average Bonchev–Trinajstić information content (AvgIpc) is 2.98. The van der Waals surface area contributed by atoms with E-state index in [9.17, 15) is 4.79 Å². The van der Waals surface area contributed by atoms with Crippen LogP contribution in [0.4, 0.5) is 0 Å². The Kier molecular flexibility index (Phi) is 2.69. The number of aliphatic carboxylic acids is 1. The molecule has 1 saturated carbocycles. The largest absolute Gasteiger partial charge is 0.496 e. The Labute approximate surface area is 96.2 Å². The molecular formula is C11H11BrO3. The quantitative estimate of drug-likeness (QED) is 0.919. The molecular weight excluding hydrogens is 260 g/mol. The van der Waals surface area contributed by atoms with Crippen molar-refractivity contribution in [1.82, 2.24) is 0 Å². The molecule has 80 valence electrons. The molecule has 0 saturated heterocycles. The van der Waals surface area contributed by atoms with Gasteiger partial charge >= 0.3 is 5.97 Å². The molecule has 0 aliphatic heterocycles. The maximum absolute atomic E-state index is 10.7. The minimum absolute atomic E-state index is 0.157. The molecule has 2 rings (SSSR count). The topological polar surface area (TPSA) is 46.5 Å². The summed E-state index contributed by atoms with van der Waals surface area (Å²) < 4.78 is 6.06. The summed E-state index contributed by atoms with van der Waals surface area (Å²) in [4.78, 5) is 10.7. The Morgan fingerprint density at radius 1 is 1.60 bits per heavy atom. The summed E-state index contributed by atoms with van der Waals surface area (Å²) in [5.74, 6) is -0.00851. The molecule has 1 aromatic carbocycles. The number of hydrogen-bond acceptors (Lipinski definition) is 2. The average molecular weight is 271 g/mol. The van der Waals surface area contributed by atoms with Crippen molar-refractivity contribution in [1.29, 1.82) is 0 Å². The van der Waals surface area contributed by atoms with Gasteiger partial charge in [0.15, 0.2) is 0 Å². The van der Waals surface area contributed by atoms with Gasteiger partial charge in [0, 0.05) is 0 Å². The first kappa shape index (κ1) is 10.5. The van der Waals surface area contributed by atoms with Crippen LogP contribution in [0.15, 0.2) is 22.7 Å². The van der Waals surface area contributed by atoms with Crippen molar-refractivity contribution in [2.75, 3.05) is 7.11 Å². The summed E-state index contributed by atoms with van der Waals surface area (Å²) in [6, 6.07) is 5.74. The lowest BCUT2D eigenvalue weighted by Gasteiger charge is -2.05. The lowest BCUT2D eigenvalue weighted by Crippen LogP contribution is -1.99. The molecule has 0 heterocycles. The van der Waals surface area contributed by atoms with Gasteiger partial charge in [0.05, 0.1) is 17.5 Å². The van der Waals surface area contributed by atoms with E-state index in [1.807, 2.05) is 18.2 Å². The minimum Gasteiger partial charge on any atom is -0.496 e. The highest BCUT2D eigenvalue weighted by atomic mass is 79.9. The molecule has 0 bridgehead atoms. The van der Waals surface area contributed by atoms with Crippen molar-refractivity contribution in [3.05, 3.63) is 28.2 Å². The molecule has 1 aromatic rings. The van der Waals surface area contributed by atoms with Crippen LogP contribution in [0.1, 0.15) is 17.9 Å². The zero-order valence-electron chi connectivity index (χ0n) is 8.24. The molecule has 0 radical (unpaired) electrons. The van der Waals surface area contributed by atoms with Crippen LogP contribution < -0.4 is 4.74 Å². The highest BCUT2D eigenvalue weighted by Gasteiger charge is 2.44. The Balaban J connectivity index is 2.21. The lowest BCUT2D eigenvalue weighted by atomic mass is 10.1. The van der Waals surface area contributed by atoms with E-state index in [-0.39, 0.29) is 11.8 Å². The van der Waals surface area contributed by atoms with Gasteiger partial charge in [0.2, 0.25) is 0 Å². The Morgan fingerprint density at radius 2 is 2.33 bits per heavy atom. The van der Waals surface area contributed by atoms with Crippen LogP contribution >= 0.6 is 15.9 Å². The van der Waals surface area contributed by atoms with E-state index in [1.54, 1.807) is 7.11 Å². The fourth-order valence-corrected chi connectivity index (χ4v) is 2.15. The smallest absolute Gasteiger partial charge is 0.307 e. The molecule has 4 heteroatoms. The molecule has 0 unspecified atom stereocenters. The predicted molar refractivity (Wildman–Crippen MR) is 59.2 cm³/mol. The standard InChI is InChI=1S/C11H11BrO3/c1-15-10-4-6(2-3-9(10)12)7-5-8(7)11(13)14/h2-4,7-8H,5H2,1H3,(H,13,14)/t7-,8+/m0/s1. The third-order valence-electron chi connectivity index (χ3n) is 2.71.